The molecule has 0 atom stereocenters. The van der Waals surface area contributed by atoms with Crippen molar-refractivity contribution in [2.24, 2.45) is 0 Å². The average molecular weight is 390 g/mol. The van der Waals surface area contributed by atoms with Crippen molar-refractivity contribution >= 4 is 49.3 Å². The van der Waals surface area contributed by atoms with Crippen LogP contribution in [0.3, 0.4) is 0 Å². The van der Waals surface area contributed by atoms with E-state index < -0.39 is 0 Å². The smallest absolute Gasteiger partial charge is 0.338 e. The zero-order chi connectivity index (χ0) is 19.7. The number of rotatable bonds is 4. The lowest BCUT2D eigenvalue weighted by Crippen LogP contribution is -2.12. The topological polar surface area (TPSA) is 68.3 Å². The number of anilines is 1. The molecular formula is C22H18N2O3S. The lowest BCUT2D eigenvalue weighted by atomic mass is 10.0. The van der Waals surface area contributed by atoms with Crippen LogP contribution in [-0.4, -0.2) is 23.0 Å². The van der Waals surface area contributed by atoms with Gasteiger partial charge in [-0.3, -0.25) is 10.1 Å². The molecule has 3 aromatic carbocycles. The summed E-state index contributed by atoms with van der Waals surface area (Å²) in [7, 11) is 0. The van der Waals surface area contributed by atoms with Crippen molar-refractivity contribution in [3.05, 3.63) is 71.8 Å². The third-order valence-corrected chi connectivity index (χ3v) is 5.16. The number of amides is 1. The SMILES string of the molecule is CC(C)OC(=O)c1ccc2nc(NC(=O)c3cccc4ccccc34)sc2c1. The summed E-state index contributed by atoms with van der Waals surface area (Å²) in [6.07, 6.45) is -0.180. The summed E-state index contributed by atoms with van der Waals surface area (Å²) in [5.41, 5.74) is 1.79. The van der Waals surface area contributed by atoms with Crippen LogP contribution in [0.5, 0.6) is 0 Å². The molecule has 0 spiro atoms. The van der Waals surface area contributed by atoms with Crippen molar-refractivity contribution in [1.82, 2.24) is 4.98 Å². The molecule has 0 radical (unpaired) electrons. The van der Waals surface area contributed by atoms with Gasteiger partial charge in [0.25, 0.3) is 5.91 Å². The summed E-state index contributed by atoms with van der Waals surface area (Å²) in [6, 6.07) is 18.6. The Kier molecular flexibility index (Phi) is 4.79. The van der Waals surface area contributed by atoms with Crippen molar-refractivity contribution in [2.45, 2.75) is 20.0 Å². The van der Waals surface area contributed by atoms with E-state index >= 15 is 0 Å². The summed E-state index contributed by atoms with van der Waals surface area (Å²) < 4.78 is 6.04. The maximum atomic E-state index is 12.8. The second-order valence-electron chi connectivity index (χ2n) is 6.64. The predicted octanol–water partition coefficient (Wildman–Crippen LogP) is 5.27. The van der Waals surface area contributed by atoms with Crippen molar-refractivity contribution in [3.63, 3.8) is 0 Å². The number of fused-ring (bicyclic) bond motifs is 2. The molecule has 28 heavy (non-hydrogen) atoms. The van der Waals surface area contributed by atoms with E-state index in [0.717, 1.165) is 21.0 Å². The Hall–Kier alpha value is -3.25. The van der Waals surface area contributed by atoms with Crippen LogP contribution in [0.1, 0.15) is 34.6 Å². The van der Waals surface area contributed by atoms with Gasteiger partial charge in [0.1, 0.15) is 0 Å². The number of esters is 1. The van der Waals surface area contributed by atoms with Crippen molar-refractivity contribution < 1.29 is 14.3 Å². The van der Waals surface area contributed by atoms with Crippen LogP contribution in [0.4, 0.5) is 5.13 Å². The Bertz CT molecular complexity index is 1190. The first-order valence-corrected chi connectivity index (χ1v) is 9.73. The molecule has 4 aromatic rings. The lowest BCUT2D eigenvalue weighted by Gasteiger charge is -2.07. The van der Waals surface area contributed by atoms with Crippen molar-refractivity contribution in [2.75, 3.05) is 5.32 Å². The van der Waals surface area contributed by atoms with Crippen LogP contribution >= 0.6 is 11.3 Å². The van der Waals surface area contributed by atoms with Gasteiger partial charge in [-0.15, -0.1) is 0 Å². The van der Waals surface area contributed by atoms with E-state index in [-0.39, 0.29) is 18.0 Å². The minimum absolute atomic E-state index is 0.180. The number of hydrogen-bond acceptors (Lipinski definition) is 5. The fraction of sp³-hybridized carbons (Fsp3) is 0.136. The van der Waals surface area contributed by atoms with Crippen LogP contribution < -0.4 is 5.32 Å². The molecule has 0 aliphatic carbocycles. The number of ether oxygens (including phenoxy) is 1. The molecule has 0 saturated heterocycles. The molecule has 140 valence electrons. The molecular weight excluding hydrogens is 372 g/mol. The fourth-order valence-corrected chi connectivity index (χ4v) is 3.88. The Morgan fingerprint density at radius 1 is 1.04 bits per heavy atom. The molecule has 5 nitrogen and oxygen atoms in total. The predicted molar refractivity (Wildman–Crippen MR) is 112 cm³/mol. The van der Waals surface area contributed by atoms with Gasteiger partial charge in [-0.1, -0.05) is 47.7 Å². The van der Waals surface area contributed by atoms with Gasteiger partial charge in [-0.2, -0.15) is 0 Å². The number of aromatic nitrogens is 1. The first-order chi connectivity index (χ1) is 13.5. The molecule has 1 heterocycles. The van der Waals surface area contributed by atoms with Crippen LogP contribution in [0.25, 0.3) is 21.0 Å². The van der Waals surface area contributed by atoms with Gasteiger partial charge < -0.3 is 4.74 Å². The van der Waals surface area contributed by atoms with Crippen LogP contribution in [0.15, 0.2) is 60.7 Å². The number of carbonyl (C=O) groups excluding carboxylic acids is 2. The largest absolute Gasteiger partial charge is 0.459 e. The third-order valence-electron chi connectivity index (χ3n) is 4.22. The molecule has 1 aromatic heterocycles. The van der Waals surface area contributed by atoms with Gasteiger partial charge >= 0.3 is 5.97 Å². The Balaban J connectivity index is 1.61. The van der Waals surface area contributed by atoms with Gasteiger partial charge in [0, 0.05) is 5.56 Å². The van der Waals surface area contributed by atoms with E-state index in [1.165, 1.54) is 11.3 Å². The highest BCUT2D eigenvalue weighted by atomic mass is 32.1. The van der Waals surface area contributed by atoms with E-state index in [0.29, 0.717) is 16.3 Å². The summed E-state index contributed by atoms with van der Waals surface area (Å²) in [6.45, 7) is 3.62. The van der Waals surface area contributed by atoms with Crippen LogP contribution in [0.2, 0.25) is 0 Å². The molecule has 0 bridgehead atoms. The average Bonchev–Trinajstić information content (AvgIpc) is 3.08. The Labute approximate surface area is 166 Å². The second-order valence-corrected chi connectivity index (χ2v) is 7.67. The third kappa shape index (κ3) is 3.59. The molecule has 0 aliphatic heterocycles. The minimum atomic E-state index is -0.369. The maximum absolute atomic E-state index is 12.8. The number of thiazole rings is 1. The van der Waals surface area contributed by atoms with Crippen LogP contribution in [0, 0.1) is 0 Å². The monoisotopic (exact) mass is 390 g/mol. The van der Waals surface area contributed by atoms with Gasteiger partial charge in [-0.05, 0) is 48.9 Å². The van der Waals surface area contributed by atoms with E-state index in [1.54, 1.807) is 24.3 Å². The van der Waals surface area contributed by atoms with E-state index in [1.807, 2.05) is 50.2 Å². The first-order valence-electron chi connectivity index (χ1n) is 8.92. The van der Waals surface area contributed by atoms with Crippen LogP contribution in [-0.2, 0) is 4.74 Å². The molecule has 0 saturated carbocycles. The molecule has 4 rings (SSSR count). The quantitative estimate of drug-likeness (QED) is 0.482. The summed E-state index contributed by atoms with van der Waals surface area (Å²) in [5.74, 6) is -0.582. The standard InChI is InChI=1S/C22H18N2O3S/c1-13(2)27-21(26)15-10-11-18-19(12-15)28-22(23-18)24-20(25)17-9-5-7-14-6-3-4-8-16(14)17/h3-13H,1-2H3,(H,23,24,25). The van der Waals surface area contributed by atoms with Crippen molar-refractivity contribution in [1.29, 1.82) is 0 Å². The summed E-state index contributed by atoms with van der Waals surface area (Å²) in [4.78, 5) is 29.3. The number of nitrogens with one attached hydrogen (secondary N) is 1. The molecule has 0 unspecified atom stereocenters. The van der Waals surface area contributed by atoms with Gasteiger partial charge in [0.05, 0.1) is 21.9 Å². The number of benzene rings is 3. The fourth-order valence-electron chi connectivity index (χ4n) is 2.98. The zero-order valence-corrected chi connectivity index (χ0v) is 16.2. The van der Waals surface area contributed by atoms with E-state index in [9.17, 15) is 9.59 Å². The summed E-state index contributed by atoms with van der Waals surface area (Å²) >= 11 is 1.33. The molecule has 1 amide bonds. The highest BCUT2D eigenvalue weighted by Crippen LogP contribution is 2.28. The molecule has 6 heteroatoms. The molecule has 0 fully saturated rings. The van der Waals surface area contributed by atoms with E-state index in [4.69, 9.17) is 4.74 Å². The number of carbonyl (C=O) groups is 2. The lowest BCUT2D eigenvalue weighted by molar-refractivity contribution is 0.0378. The van der Waals surface area contributed by atoms with Gasteiger partial charge in [-0.25, -0.2) is 9.78 Å². The van der Waals surface area contributed by atoms with Gasteiger partial charge in [0.2, 0.25) is 0 Å². The molecule has 1 N–H and O–H groups in total. The zero-order valence-electron chi connectivity index (χ0n) is 15.4. The normalized spacial score (nSPS) is 11.1. The Morgan fingerprint density at radius 3 is 2.64 bits per heavy atom. The van der Waals surface area contributed by atoms with E-state index in [2.05, 4.69) is 10.3 Å². The number of nitrogens with zero attached hydrogens (tertiary/aromatic N) is 1. The highest BCUT2D eigenvalue weighted by molar-refractivity contribution is 7.22. The summed E-state index contributed by atoms with van der Waals surface area (Å²) in [5, 5.41) is 5.26. The van der Waals surface area contributed by atoms with Gasteiger partial charge in [0.15, 0.2) is 5.13 Å². The second kappa shape index (κ2) is 7.40. The van der Waals surface area contributed by atoms with Crippen molar-refractivity contribution in [3.8, 4) is 0 Å². The first kappa shape index (κ1) is 18.1. The molecule has 0 aliphatic rings. The highest BCUT2D eigenvalue weighted by Gasteiger charge is 2.15. The Morgan fingerprint density at radius 2 is 1.82 bits per heavy atom. The minimum Gasteiger partial charge on any atom is -0.459 e. The maximum Gasteiger partial charge on any atom is 0.338 e. The number of hydrogen-bond donors (Lipinski definition) is 1.